The maximum absolute atomic E-state index is 5.66. The summed E-state index contributed by atoms with van der Waals surface area (Å²) in [7, 11) is 0. The third-order valence-electron chi connectivity index (χ3n) is 2.67. The number of rotatable bonds is 7. The Kier molecular flexibility index (Phi) is 5.45. The predicted molar refractivity (Wildman–Crippen MR) is 63.7 cm³/mol. The second-order valence-corrected chi connectivity index (χ2v) is 3.68. The minimum absolute atomic E-state index is 0.00486. The zero-order valence-electron chi connectivity index (χ0n) is 10.3. The van der Waals surface area contributed by atoms with Gasteiger partial charge >= 0.3 is 0 Å². The lowest BCUT2D eigenvalue weighted by Gasteiger charge is -2.24. The number of hydrogen-bond donors (Lipinski definition) is 2. The molecule has 0 amide bonds. The van der Waals surface area contributed by atoms with Crippen LogP contribution in [0.25, 0.3) is 0 Å². The van der Waals surface area contributed by atoms with Crippen LogP contribution in [-0.4, -0.2) is 22.5 Å². The molecule has 5 heteroatoms. The molecule has 2 unspecified atom stereocenters. The lowest BCUT2D eigenvalue weighted by atomic mass is 10.0. The van der Waals surface area contributed by atoms with Crippen LogP contribution in [0, 0.1) is 0 Å². The Hall–Kier alpha value is -0.910. The average molecular weight is 226 g/mol. The van der Waals surface area contributed by atoms with E-state index in [0.29, 0.717) is 6.61 Å². The van der Waals surface area contributed by atoms with Crippen LogP contribution in [0.4, 0.5) is 0 Å². The largest absolute Gasteiger partial charge is 0.376 e. The molecule has 0 radical (unpaired) electrons. The number of hydrogen-bond acceptors (Lipinski definition) is 4. The predicted octanol–water partition coefficient (Wildman–Crippen LogP) is 1.22. The Morgan fingerprint density at radius 2 is 2.25 bits per heavy atom. The first-order chi connectivity index (χ1) is 7.76. The third kappa shape index (κ3) is 3.04. The number of hydrazine groups is 1. The van der Waals surface area contributed by atoms with Crippen molar-refractivity contribution < 1.29 is 4.74 Å². The molecule has 0 bridgehead atoms. The van der Waals surface area contributed by atoms with Gasteiger partial charge in [0, 0.05) is 24.9 Å². The Bertz CT molecular complexity index is 300. The highest BCUT2D eigenvalue weighted by Crippen LogP contribution is 2.20. The van der Waals surface area contributed by atoms with Crippen LogP contribution in [0.1, 0.15) is 38.8 Å². The number of nitrogens with one attached hydrogen (secondary N) is 1. The zero-order chi connectivity index (χ0) is 12.0. The highest BCUT2D eigenvalue weighted by molar-refractivity contribution is 5.12. The van der Waals surface area contributed by atoms with Gasteiger partial charge in [-0.05, 0) is 20.3 Å². The van der Waals surface area contributed by atoms with Crippen LogP contribution in [0.3, 0.4) is 0 Å². The van der Waals surface area contributed by atoms with Crippen LogP contribution in [0.15, 0.2) is 12.4 Å². The Labute approximate surface area is 96.9 Å². The molecule has 2 atom stereocenters. The van der Waals surface area contributed by atoms with Gasteiger partial charge in [0.15, 0.2) is 0 Å². The number of nitrogens with two attached hydrogens (primary N) is 1. The maximum Gasteiger partial charge on any atom is 0.0781 e. The summed E-state index contributed by atoms with van der Waals surface area (Å²) >= 11 is 0. The van der Waals surface area contributed by atoms with Gasteiger partial charge in [-0.15, -0.1) is 0 Å². The minimum atomic E-state index is 0.00486. The molecule has 1 rings (SSSR count). The standard InChI is InChI=1S/C11H22N4O/c1-4-10(16-6-3)11(14-12)9-7-13-15(5-2)8-9/h7-8,10-11,14H,4-6,12H2,1-3H3. The van der Waals surface area contributed by atoms with E-state index in [4.69, 9.17) is 10.6 Å². The second kappa shape index (κ2) is 6.62. The molecule has 3 N–H and O–H groups in total. The monoisotopic (exact) mass is 226 g/mol. The molecular weight excluding hydrogens is 204 g/mol. The van der Waals surface area contributed by atoms with Crippen LogP contribution < -0.4 is 11.3 Å². The normalized spacial score (nSPS) is 15.0. The summed E-state index contributed by atoms with van der Waals surface area (Å²) in [4.78, 5) is 0. The van der Waals surface area contributed by atoms with Crippen LogP contribution in [0.2, 0.25) is 0 Å². The fourth-order valence-electron chi connectivity index (χ4n) is 1.80. The van der Waals surface area contributed by atoms with E-state index in [1.54, 1.807) is 0 Å². The van der Waals surface area contributed by atoms with Crippen LogP contribution in [-0.2, 0) is 11.3 Å². The van der Waals surface area contributed by atoms with E-state index >= 15 is 0 Å². The first-order valence-corrected chi connectivity index (χ1v) is 5.86. The summed E-state index contributed by atoms with van der Waals surface area (Å²) in [6.45, 7) is 7.70. The molecule has 92 valence electrons. The lowest BCUT2D eigenvalue weighted by molar-refractivity contribution is 0.0314. The zero-order valence-corrected chi connectivity index (χ0v) is 10.3. The van der Waals surface area contributed by atoms with Crippen molar-refractivity contribution in [3.05, 3.63) is 18.0 Å². The Morgan fingerprint density at radius 3 is 2.69 bits per heavy atom. The molecule has 1 aromatic rings. The fourth-order valence-corrected chi connectivity index (χ4v) is 1.80. The molecular formula is C11H22N4O. The Balaban J connectivity index is 2.78. The summed E-state index contributed by atoms with van der Waals surface area (Å²) in [6.07, 6.45) is 4.85. The van der Waals surface area contributed by atoms with Crippen molar-refractivity contribution in [3.8, 4) is 0 Å². The van der Waals surface area contributed by atoms with Crippen molar-refractivity contribution in [1.29, 1.82) is 0 Å². The Morgan fingerprint density at radius 1 is 1.50 bits per heavy atom. The lowest BCUT2D eigenvalue weighted by Crippen LogP contribution is -2.37. The van der Waals surface area contributed by atoms with Gasteiger partial charge in [0.2, 0.25) is 0 Å². The van der Waals surface area contributed by atoms with Crippen molar-refractivity contribution in [2.24, 2.45) is 5.84 Å². The maximum atomic E-state index is 5.66. The summed E-state index contributed by atoms with van der Waals surface area (Å²) in [5.41, 5.74) is 3.89. The number of aromatic nitrogens is 2. The smallest absolute Gasteiger partial charge is 0.0781 e. The van der Waals surface area contributed by atoms with Crippen LogP contribution >= 0.6 is 0 Å². The van der Waals surface area contributed by atoms with Crippen molar-refractivity contribution in [1.82, 2.24) is 15.2 Å². The second-order valence-electron chi connectivity index (χ2n) is 3.68. The quantitative estimate of drug-likeness (QED) is 0.542. The van der Waals surface area contributed by atoms with Gasteiger partial charge in [0.05, 0.1) is 18.3 Å². The molecule has 1 aromatic heterocycles. The van der Waals surface area contributed by atoms with Gasteiger partial charge in [-0.1, -0.05) is 6.92 Å². The molecule has 1 heterocycles. The summed E-state index contributed by atoms with van der Waals surface area (Å²) in [6, 6.07) is 0.00486. The van der Waals surface area contributed by atoms with Gasteiger partial charge in [0.25, 0.3) is 0 Å². The highest BCUT2D eigenvalue weighted by atomic mass is 16.5. The van der Waals surface area contributed by atoms with Crippen molar-refractivity contribution >= 4 is 0 Å². The van der Waals surface area contributed by atoms with E-state index in [9.17, 15) is 0 Å². The van der Waals surface area contributed by atoms with Crippen molar-refractivity contribution in [3.63, 3.8) is 0 Å². The van der Waals surface area contributed by atoms with E-state index in [1.165, 1.54) is 0 Å². The van der Waals surface area contributed by atoms with Gasteiger partial charge in [-0.25, -0.2) is 0 Å². The summed E-state index contributed by atoms with van der Waals surface area (Å²) in [5, 5.41) is 4.25. The fraction of sp³-hybridized carbons (Fsp3) is 0.727. The van der Waals surface area contributed by atoms with E-state index < -0.39 is 0 Å². The molecule has 0 saturated carbocycles. The van der Waals surface area contributed by atoms with E-state index in [0.717, 1.165) is 18.5 Å². The van der Waals surface area contributed by atoms with E-state index in [2.05, 4.69) is 24.4 Å². The highest BCUT2D eigenvalue weighted by Gasteiger charge is 2.22. The molecule has 0 saturated heterocycles. The molecule has 0 aliphatic carbocycles. The molecule has 0 spiro atoms. The topological polar surface area (TPSA) is 65.1 Å². The molecule has 0 aromatic carbocycles. The van der Waals surface area contributed by atoms with Crippen molar-refractivity contribution in [2.45, 2.75) is 45.9 Å². The number of nitrogens with zero attached hydrogens (tertiary/aromatic N) is 2. The van der Waals surface area contributed by atoms with Gasteiger partial charge < -0.3 is 4.74 Å². The SMILES string of the molecule is CCOC(CC)C(NN)c1cnn(CC)c1. The summed E-state index contributed by atoms with van der Waals surface area (Å²) in [5.74, 6) is 5.60. The first kappa shape index (κ1) is 13.2. The molecule has 5 nitrogen and oxygen atoms in total. The van der Waals surface area contributed by atoms with E-state index in [-0.39, 0.29) is 12.1 Å². The van der Waals surface area contributed by atoms with Gasteiger partial charge in [-0.2, -0.15) is 5.10 Å². The minimum Gasteiger partial charge on any atom is -0.376 e. The molecule has 0 fully saturated rings. The van der Waals surface area contributed by atoms with Crippen molar-refractivity contribution in [2.75, 3.05) is 6.61 Å². The van der Waals surface area contributed by atoms with Crippen LogP contribution in [0.5, 0.6) is 0 Å². The molecule has 16 heavy (non-hydrogen) atoms. The van der Waals surface area contributed by atoms with Gasteiger partial charge in [0.1, 0.15) is 0 Å². The number of aryl methyl sites for hydroxylation is 1. The first-order valence-electron chi connectivity index (χ1n) is 5.86. The summed E-state index contributed by atoms with van der Waals surface area (Å²) < 4.78 is 7.55. The van der Waals surface area contributed by atoms with Gasteiger partial charge in [-0.3, -0.25) is 16.0 Å². The molecule has 0 aliphatic rings. The molecule has 0 aliphatic heterocycles. The van der Waals surface area contributed by atoms with E-state index in [1.807, 2.05) is 24.0 Å². The third-order valence-corrected chi connectivity index (χ3v) is 2.67. The number of ether oxygens (including phenoxy) is 1. The average Bonchev–Trinajstić information content (AvgIpc) is 2.77.